The largest absolute Gasteiger partial charge is 0.399 e. The molecule has 3 heteroatoms. The van der Waals surface area contributed by atoms with Gasteiger partial charge in [0.25, 0.3) is 0 Å². The van der Waals surface area contributed by atoms with E-state index >= 15 is 0 Å². The first-order valence-electron chi connectivity index (χ1n) is 6.77. The Morgan fingerprint density at radius 2 is 1.84 bits per heavy atom. The highest BCUT2D eigenvalue weighted by Crippen LogP contribution is 2.20. The highest BCUT2D eigenvalue weighted by Gasteiger charge is 2.14. The van der Waals surface area contributed by atoms with E-state index in [9.17, 15) is 0 Å². The van der Waals surface area contributed by atoms with E-state index in [0.29, 0.717) is 5.41 Å². The molecule has 19 heavy (non-hydrogen) atoms. The van der Waals surface area contributed by atoms with Crippen LogP contribution < -0.4 is 5.73 Å². The molecule has 1 aromatic carbocycles. The molecule has 0 amide bonds. The Hall–Kier alpha value is -1.77. The van der Waals surface area contributed by atoms with Crippen LogP contribution >= 0.6 is 0 Å². The van der Waals surface area contributed by atoms with Crippen molar-refractivity contribution < 1.29 is 0 Å². The molecule has 0 aliphatic rings. The van der Waals surface area contributed by atoms with Crippen molar-refractivity contribution in [3.05, 3.63) is 48.0 Å². The molecule has 0 bridgehead atoms. The van der Waals surface area contributed by atoms with Gasteiger partial charge in [-0.15, -0.1) is 0 Å². The van der Waals surface area contributed by atoms with Crippen LogP contribution in [0.2, 0.25) is 0 Å². The van der Waals surface area contributed by atoms with E-state index in [1.807, 2.05) is 24.7 Å². The summed E-state index contributed by atoms with van der Waals surface area (Å²) in [4.78, 5) is 4.28. The Morgan fingerprint density at radius 1 is 1.16 bits per heavy atom. The number of anilines is 1. The molecule has 1 aromatic heterocycles. The number of nitrogens with two attached hydrogens (primary N) is 1. The van der Waals surface area contributed by atoms with Gasteiger partial charge in [-0.2, -0.15) is 0 Å². The standard InChI is InChI=1S/C16H23N3/c1-16(2,3)10-15-11-18-12-19(15)9-8-13-4-6-14(17)7-5-13/h4-7,11-12H,8-10,17H2,1-3H3. The Bertz CT molecular complexity index is 518. The fourth-order valence-corrected chi connectivity index (χ4v) is 2.17. The van der Waals surface area contributed by atoms with Crippen molar-refractivity contribution in [1.82, 2.24) is 9.55 Å². The Morgan fingerprint density at radius 3 is 2.47 bits per heavy atom. The smallest absolute Gasteiger partial charge is 0.0948 e. The van der Waals surface area contributed by atoms with Gasteiger partial charge in [0.15, 0.2) is 0 Å². The van der Waals surface area contributed by atoms with Gasteiger partial charge in [-0.25, -0.2) is 4.98 Å². The molecule has 0 aliphatic carbocycles. The summed E-state index contributed by atoms with van der Waals surface area (Å²) in [5, 5.41) is 0. The van der Waals surface area contributed by atoms with E-state index in [-0.39, 0.29) is 0 Å². The lowest BCUT2D eigenvalue weighted by Crippen LogP contribution is -2.14. The molecule has 1 heterocycles. The fourth-order valence-electron chi connectivity index (χ4n) is 2.17. The number of nitrogens with zero attached hydrogens (tertiary/aromatic N) is 2. The van der Waals surface area contributed by atoms with Crippen LogP contribution in [-0.2, 0) is 19.4 Å². The van der Waals surface area contributed by atoms with Gasteiger partial charge < -0.3 is 10.3 Å². The number of nitrogen functional groups attached to an aromatic ring is 1. The molecule has 2 rings (SSSR count). The van der Waals surface area contributed by atoms with Crippen LogP contribution in [0.1, 0.15) is 32.0 Å². The number of benzene rings is 1. The normalized spacial score (nSPS) is 11.7. The van der Waals surface area contributed by atoms with Crippen molar-refractivity contribution in [2.45, 2.75) is 40.2 Å². The zero-order valence-corrected chi connectivity index (χ0v) is 12.1. The zero-order valence-electron chi connectivity index (χ0n) is 12.1. The first kappa shape index (κ1) is 13.7. The topological polar surface area (TPSA) is 43.8 Å². The average Bonchev–Trinajstić information content (AvgIpc) is 2.73. The van der Waals surface area contributed by atoms with Crippen molar-refractivity contribution in [1.29, 1.82) is 0 Å². The van der Waals surface area contributed by atoms with Crippen LogP contribution in [0.15, 0.2) is 36.8 Å². The third kappa shape index (κ3) is 4.12. The lowest BCUT2D eigenvalue weighted by atomic mass is 9.91. The Kier molecular flexibility index (Phi) is 3.93. The molecule has 0 saturated heterocycles. The predicted molar refractivity (Wildman–Crippen MR) is 79.9 cm³/mol. The van der Waals surface area contributed by atoms with E-state index in [1.54, 1.807) is 0 Å². The first-order chi connectivity index (χ1) is 8.94. The number of aryl methyl sites for hydroxylation is 2. The number of aromatic nitrogens is 2. The second-order valence-corrected chi connectivity index (χ2v) is 6.31. The van der Waals surface area contributed by atoms with Gasteiger partial charge in [0.2, 0.25) is 0 Å². The van der Waals surface area contributed by atoms with E-state index < -0.39 is 0 Å². The molecule has 2 N–H and O–H groups in total. The van der Waals surface area contributed by atoms with Crippen molar-refractivity contribution in [3.8, 4) is 0 Å². The summed E-state index contributed by atoms with van der Waals surface area (Å²) >= 11 is 0. The maximum atomic E-state index is 5.70. The van der Waals surface area contributed by atoms with Crippen LogP contribution in [-0.4, -0.2) is 9.55 Å². The van der Waals surface area contributed by atoms with Gasteiger partial charge >= 0.3 is 0 Å². The minimum Gasteiger partial charge on any atom is -0.399 e. The molecule has 3 nitrogen and oxygen atoms in total. The molecular formula is C16H23N3. The van der Waals surface area contributed by atoms with Crippen molar-refractivity contribution in [2.24, 2.45) is 5.41 Å². The molecule has 0 radical (unpaired) electrons. The molecular weight excluding hydrogens is 234 g/mol. The molecule has 0 spiro atoms. The molecule has 0 atom stereocenters. The van der Waals surface area contributed by atoms with E-state index in [4.69, 9.17) is 5.73 Å². The summed E-state index contributed by atoms with van der Waals surface area (Å²) in [7, 11) is 0. The Balaban J connectivity index is 2.00. The number of rotatable bonds is 4. The minimum atomic E-state index is 0.291. The van der Waals surface area contributed by atoms with Gasteiger partial charge in [0.1, 0.15) is 0 Å². The summed E-state index contributed by atoms with van der Waals surface area (Å²) < 4.78 is 2.25. The first-order valence-corrected chi connectivity index (χ1v) is 6.77. The lowest BCUT2D eigenvalue weighted by Gasteiger charge is -2.19. The summed E-state index contributed by atoms with van der Waals surface area (Å²) in [6, 6.07) is 8.10. The van der Waals surface area contributed by atoms with Gasteiger partial charge in [0, 0.05) is 24.1 Å². The average molecular weight is 257 g/mol. The zero-order chi connectivity index (χ0) is 13.9. The second kappa shape index (κ2) is 5.47. The maximum absolute atomic E-state index is 5.70. The monoisotopic (exact) mass is 257 g/mol. The predicted octanol–water partition coefficient (Wildman–Crippen LogP) is 3.30. The van der Waals surface area contributed by atoms with Crippen LogP contribution in [0, 0.1) is 5.41 Å². The van der Waals surface area contributed by atoms with E-state index in [0.717, 1.165) is 25.1 Å². The van der Waals surface area contributed by atoms with E-state index in [2.05, 4.69) is 42.5 Å². The van der Waals surface area contributed by atoms with E-state index in [1.165, 1.54) is 11.3 Å². The Labute approximate surface area is 115 Å². The van der Waals surface area contributed by atoms with Crippen molar-refractivity contribution in [3.63, 3.8) is 0 Å². The fraction of sp³-hybridized carbons (Fsp3) is 0.438. The second-order valence-electron chi connectivity index (χ2n) is 6.31. The summed E-state index contributed by atoms with van der Waals surface area (Å²) in [6.07, 6.45) is 5.97. The number of hydrogen-bond acceptors (Lipinski definition) is 2. The molecule has 102 valence electrons. The number of hydrogen-bond donors (Lipinski definition) is 1. The molecule has 0 saturated carbocycles. The third-order valence-electron chi connectivity index (χ3n) is 3.13. The molecule has 2 aromatic rings. The highest BCUT2D eigenvalue weighted by atomic mass is 15.0. The van der Waals surface area contributed by atoms with Gasteiger partial charge in [0.05, 0.1) is 6.33 Å². The van der Waals surface area contributed by atoms with Crippen molar-refractivity contribution >= 4 is 5.69 Å². The molecule has 0 unspecified atom stereocenters. The quantitative estimate of drug-likeness (QED) is 0.854. The lowest BCUT2D eigenvalue weighted by molar-refractivity contribution is 0.397. The van der Waals surface area contributed by atoms with Crippen LogP contribution in [0.3, 0.4) is 0 Å². The van der Waals surface area contributed by atoms with Gasteiger partial charge in [-0.1, -0.05) is 32.9 Å². The summed E-state index contributed by atoms with van der Waals surface area (Å²) in [5.74, 6) is 0. The minimum absolute atomic E-state index is 0.291. The number of imidazole rings is 1. The molecule has 0 fully saturated rings. The summed E-state index contributed by atoms with van der Waals surface area (Å²) in [6.45, 7) is 7.73. The SMILES string of the molecule is CC(C)(C)Cc1cncn1CCc1ccc(N)cc1. The van der Waals surface area contributed by atoms with Crippen molar-refractivity contribution in [2.75, 3.05) is 5.73 Å². The van der Waals surface area contributed by atoms with Crippen LogP contribution in [0.4, 0.5) is 5.69 Å². The third-order valence-corrected chi connectivity index (χ3v) is 3.13. The summed E-state index contributed by atoms with van der Waals surface area (Å²) in [5.41, 5.74) is 9.42. The van der Waals surface area contributed by atoms with Gasteiger partial charge in [-0.3, -0.25) is 0 Å². The molecule has 0 aliphatic heterocycles. The highest BCUT2D eigenvalue weighted by molar-refractivity contribution is 5.39. The van der Waals surface area contributed by atoms with Crippen LogP contribution in [0.5, 0.6) is 0 Å². The van der Waals surface area contributed by atoms with Gasteiger partial charge in [-0.05, 0) is 36.0 Å². The van der Waals surface area contributed by atoms with Crippen LogP contribution in [0.25, 0.3) is 0 Å². The maximum Gasteiger partial charge on any atom is 0.0948 e.